The molecule has 6 nitrogen and oxygen atoms in total. The van der Waals surface area contributed by atoms with Gasteiger partial charge in [0.15, 0.2) is 11.5 Å². The fourth-order valence-electron chi connectivity index (χ4n) is 3.29. The van der Waals surface area contributed by atoms with Crippen LogP contribution in [0.25, 0.3) is 6.08 Å². The van der Waals surface area contributed by atoms with E-state index in [2.05, 4.69) is 5.43 Å². The van der Waals surface area contributed by atoms with Crippen molar-refractivity contribution in [2.75, 3.05) is 11.6 Å². The molecule has 1 heterocycles. The van der Waals surface area contributed by atoms with Crippen molar-refractivity contribution in [2.24, 2.45) is 0 Å². The molecule has 1 aliphatic heterocycles. The van der Waals surface area contributed by atoms with E-state index in [1.165, 1.54) is 11.1 Å². The minimum absolute atomic E-state index is 0.00493. The molecule has 1 aliphatic rings. The lowest BCUT2D eigenvalue weighted by Gasteiger charge is -2.15. The Bertz CT molecular complexity index is 1160. The Labute approximate surface area is 191 Å². The zero-order valence-corrected chi connectivity index (χ0v) is 18.1. The molecule has 0 saturated carbocycles. The number of hydrazine groups is 1. The molecule has 162 valence electrons. The molecular weight excluding hydrogens is 428 g/mol. The third kappa shape index (κ3) is 4.60. The standard InChI is InChI=1S/C25H21ClN2O4/c1-2-31-22-15-18(14-21(26)23(22)32-16-17-9-5-3-6-10-17)13-20-24(29)27-28(25(20)30)19-11-7-4-8-12-19/h3-15H,2,16H2,1H3,(H,27,29). The third-order valence-corrected chi connectivity index (χ3v) is 5.06. The number of anilines is 1. The van der Waals surface area contributed by atoms with Crippen LogP contribution in [0.1, 0.15) is 18.1 Å². The van der Waals surface area contributed by atoms with Crippen LogP contribution in [-0.2, 0) is 16.2 Å². The second-order valence-electron chi connectivity index (χ2n) is 7.01. The molecule has 2 amide bonds. The second kappa shape index (κ2) is 9.58. The maximum Gasteiger partial charge on any atom is 0.282 e. The summed E-state index contributed by atoms with van der Waals surface area (Å²) < 4.78 is 11.6. The summed E-state index contributed by atoms with van der Waals surface area (Å²) in [5.74, 6) is -0.0850. The Morgan fingerprint density at radius 3 is 2.34 bits per heavy atom. The molecule has 0 unspecified atom stereocenters. The molecule has 4 rings (SSSR count). The van der Waals surface area contributed by atoms with Gasteiger partial charge in [0.1, 0.15) is 12.2 Å². The van der Waals surface area contributed by atoms with Gasteiger partial charge < -0.3 is 9.47 Å². The van der Waals surface area contributed by atoms with Gasteiger partial charge in [-0.25, -0.2) is 5.01 Å². The maximum atomic E-state index is 12.8. The van der Waals surface area contributed by atoms with Crippen LogP contribution in [0, 0.1) is 0 Å². The predicted octanol–water partition coefficient (Wildman–Crippen LogP) is 4.78. The van der Waals surface area contributed by atoms with Crippen LogP contribution in [0.5, 0.6) is 11.5 Å². The quantitative estimate of drug-likeness (QED) is 0.417. The molecule has 0 atom stereocenters. The molecule has 3 aromatic rings. The smallest absolute Gasteiger partial charge is 0.282 e. The molecule has 0 bridgehead atoms. The number of para-hydroxylation sites is 1. The largest absolute Gasteiger partial charge is 0.490 e. The summed E-state index contributed by atoms with van der Waals surface area (Å²) in [4.78, 5) is 25.3. The van der Waals surface area contributed by atoms with E-state index < -0.39 is 11.8 Å². The van der Waals surface area contributed by atoms with Gasteiger partial charge in [0.05, 0.1) is 17.3 Å². The van der Waals surface area contributed by atoms with E-state index in [0.29, 0.717) is 41.0 Å². The number of hydrogen-bond donors (Lipinski definition) is 1. The van der Waals surface area contributed by atoms with Gasteiger partial charge in [-0.15, -0.1) is 0 Å². The average molecular weight is 449 g/mol. The van der Waals surface area contributed by atoms with E-state index in [1.807, 2.05) is 43.3 Å². The lowest BCUT2D eigenvalue weighted by atomic mass is 10.1. The lowest BCUT2D eigenvalue weighted by molar-refractivity contribution is -0.117. The van der Waals surface area contributed by atoms with Crippen molar-refractivity contribution >= 4 is 35.2 Å². The molecule has 1 N–H and O–H groups in total. The molecule has 0 radical (unpaired) electrons. The Morgan fingerprint density at radius 1 is 0.969 bits per heavy atom. The lowest BCUT2D eigenvalue weighted by Crippen LogP contribution is -2.35. The van der Waals surface area contributed by atoms with Gasteiger partial charge in [0.2, 0.25) is 0 Å². The van der Waals surface area contributed by atoms with Crippen LogP contribution in [0.15, 0.2) is 78.4 Å². The number of rotatable bonds is 7. The topological polar surface area (TPSA) is 67.9 Å². The number of nitrogens with one attached hydrogen (secondary N) is 1. The molecule has 0 aromatic heterocycles. The number of amides is 2. The van der Waals surface area contributed by atoms with Crippen LogP contribution in [0.2, 0.25) is 5.02 Å². The van der Waals surface area contributed by atoms with Gasteiger partial charge in [-0.1, -0.05) is 60.1 Å². The van der Waals surface area contributed by atoms with Crippen molar-refractivity contribution in [3.63, 3.8) is 0 Å². The molecule has 3 aromatic carbocycles. The fraction of sp³-hybridized carbons (Fsp3) is 0.120. The van der Waals surface area contributed by atoms with Gasteiger partial charge in [0.25, 0.3) is 11.8 Å². The van der Waals surface area contributed by atoms with Crippen molar-refractivity contribution in [3.8, 4) is 11.5 Å². The van der Waals surface area contributed by atoms with Crippen molar-refractivity contribution in [3.05, 3.63) is 94.5 Å². The van der Waals surface area contributed by atoms with E-state index in [4.69, 9.17) is 21.1 Å². The Balaban J connectivity index is 1.61. The van der Waals surface area contributed by atoms with E-state index in [1.54, 1.807) is 36.4 Å². The second-order valence-corrected chi connectivity index (χ2v) is 7.42. The first kappa shape index (κ1) is 21.5. The van der Waals surface area contributed by atoms with Crippen molar-refractivity contribution in [1.82, 2.24) is 5.43 Å². The number of nitrogens with zero attached hydrogens (tertiary/aromatic N) is 1. The average Bonchev–Trinajstić information content (AvgIpc) is 3.08. The highest BCUT2D eigenvalue weighted by atomic mass is 35.5. The van der Waals surface area contributed by atoms with Gasteiger partial charge in [-0.05, 0) is 48.4 Å². The summed E-state index contributed by atoms with van der Waals surface area (Å²) >= 11 is 6.49. The third-order valence-electron chi connectivity index (χ3n) is 4.77. The van der Waals surface area contributed by atoms with Crippen LogP contribution in [0.3, 0.4) is 0 Å². The molecule has 32 heavy (non-hydrogen) atoms. The first-order chi connectivity index (χ1) is 15.6. The molecule has 7 heteroatoms. The number of hydrogen-bond acceptors (Lipinski definition) is 4. The summed E-state index contributed by atoms with van der Waals surface area (Å²) in [7, 11) is 0. The summed E-state index contributed by atoms with van der Waals surface area (Å²) in [6, 6.07) is 21.9. The normalized spacial score (nSPS) is 14.6. The van der Waals surface area contributed by atoms with Crippen molar-refractivity contribution < 1.29 is 19.1 Å². The molecular formula is C25H21ClN2O4. The SMILES string of the molecule is CCOc1cc(C=C2C(=O)NN(c3ccccc3)C2=O)cc(Cl)c1OCc1ccccc1. The van der Waals surface area contributed by atoms with Crippen LogP contribution >= 0.6 is 11.6 Å². The van der Waals surface area contributed by atoms with Gasteiger partial charge in [0, 0.05) is 0 Å². The number of carbonyl (C=O) groups excluding carboxylic acids is 2. The maximum absolute atomic E-state index is 12.8. The monoisotopic (exact) mass is 448 g/mol. The highest BCUT2D eigenvalue weighted by Crippen LogP contribution is 2.38. The minimum Gasteiger partial charge on any atom is -0.490 e. The van der Waals surface area contributed by atoms with E-state index in [-0.39, 0.29) is 5.57 Å². The zero-order valence-electron chi connectivity index (χ0n) is 17.4. The van der Waals surface area contributed by atoms with E-state index in [0.717, 1.165) is 5.56 Å². The van der Waals surface area contributed by atoms with E-state index in [9.17, 15) is 9.59 Å². The minimum atomic E-state index is -0.489. The van der Waals surface area contributed by atoms with Gasteiger partial charge >= 0.3 is 0 Å². The summed E-state index contributed by atoms with van der Waals surface area (Å²) in [6.45, 7) is 2.58. The zero-order chi connectivity index (χ0) is 22.5. The predicted molar refractivity (Wildman–Crippen MR) is 123 cm³/mol. The fourth-order valence-corrected chi connectivity index (χ4v) is 3.56. The Morgan fingerprint density at radius 2 is 1.66 bits per heavy atom. The Kier molecular flexibility index (Phi) is 6.42. The number of halogens is 1. The van der Waals surface area contributed by atoms with E-state index >= 15 is 0 Å². The molecule has 1 fully saturated rings. The number of carbonyl (C=O) groups is 2. The van der Waals surface area contributed by atoms with Crippen LogP contribution < -0.4 is 19.9 Å². The van der Waals surface area contributed by atoms with Crippen molar-refractivity contribution in [1.29, 1.82) is 0 Å². The molecule has 0 spiro atoms. The first-order valence-corrected chi connectivity index (χ1v) is 10.5. The Hall–Kier alpha value is -3.77. The highest BCUT2D eigenvalue weighted by molar-refractivity contribution is 6.33. The van der Waals surface area contributed by atoms with Crippen molar-refractivity contribution in [2.45, 2.75) is 13.5 Å². The molecule has 0 aliphatic carbocycles. The van der Waals surface area contributed by atoms with Crippen LogP contribution in [-0.4, -0.2) is 18.4 Å². The number of ether oxygens (including phenoxy) is 2. The van der Waals surface area contributed by atoms with Crippen LogP contribution in [0.4, 0.5) is 5.69 Å². The summed E-state index contributed by atoms with van der Waals surface area (Å²) in [6.07, 6.45) is 1.50. The van der Waals surface area contributed by atoms with Gasteiger partial charge in [-0.3, -0.25) is 15.0 Å². The molecule has 1 saturated heterocycles. The highest BCUT2D eigenvalue weighted by Gasteiger charge is 2.34. The van der Waals surface area contributed by atoms with Gasteiger partial charge in [-0.2, -0.15) is 0 Å². The summed E-state index contributed by atoms with van der Waals surface area (Å²) in [5, 5.41) is 1.54. The number of benzene rings is 3. The summed E-state index contributed by atoms with van der Waals surface area (Å²) in [5.41, 5.74) is 4.71. The first-order valence-electron chi connectivity index (χ1n) is 10.1.